The van der Waals surface area contributed by atoms with Crippen LogP contribution in [0.2, 0.25) is 0 Å². The first kappa shape index (κ1) is 13.3. The van der Waals surface area contributed by atoms with E-state index in [1.54, 1.807) is 0 Å². The van der Waals surface area contributed by atoms with Crippen LogP contribution in [-0.4, -0.2) is 30.1 Å². The van der Waals surface area contributed by atoms with Crippen LogP contribution in [0.25, 0.3) is 0 Å². The van der Waals surface area contributed by atoms with Gasteiger partial charge in [-0.15, -0.1) is 0 Å². The molecule has 0 spiro atoms. The first-order valence-electron chi connectivity index (χ1n) is 5.88. The summed E-state index contributed by atoms with van der Waals surface area (Å²) in [6, 6.07) is 3.79. The van der Waals surface area contributed by atoms with Crippen LogP contribution in [0.5, 0.6) is 5.75 Å². The van der Waals surface area contributed by atoms with Crippen LogP contribution in [0.1, 0.15) is 23.2 Å². The van der Waals surface area contributed by atoms with Gasteiger partial charge >= 0.3 is 5.97 Å². The van der Waals surface area contributed by atoms with Gasteiger partial charge in [-0.1, -0.05) is 0 Å². The van der Waals surface area contributed by atoms with Gasteiger partial charge < -0.3 is 15.2 Å². The number of aliphatic carboxylic acids is 1. The third-order valence-electron chi connectivity index (χ3n) is 3.24. The van der Waals surface area contributed by atoms with E-state index in [4.69, 9.17) is 9.84 Å². The molecule has 0 bridgehead atoms. The Balaban J connectivity index is 1.94. The van der Waals surface area contributed by atoms with E-state index in [1.165, 1.54) is 19.2 Å². The van der Waals surface area contributed by atoms with Crippen molar-refractivity contribution in [3.63, 3.8) is 0 Å². The minimum absolute atomic E-state index is 0.0751. The number of benzene rings is 1. The highest BCUT2D eigenvalue weighted by Crippen LogP contribution is 2.27. The van der Waals surface area contributed by atoms with Crippen LogP contribution in [0.15, 0.2) is 18.2 Å². The highest BCUT2D eigenvalue weighted by atomic mass is 19.1. The molecule has 5 nitrogen and oxygen atoms in total. The average molecular weight is 267 g/mol. The predicted octanol–water partition coefficient (Wildman–Crippen LogP) is 1.43. The summed E-state index contributed by atoms with van der Waals surface area (Å²) in [6.45, 7) is 0. The molecule has 1 aromatic carbocycles. The summed E-state index contributed by atoms with van der Waals surface area (Å²) in [7, 11) is 1.35. The molecule has 6 heteroatoms. The molecule has 2 N–H and O–H groups in total. The van der Waals surface area contributed by atoms with Crippen LogP contribution in [-0.2, 0) is 4.79 Å². The number of halogens is 1. The molecular weight excluding hydrogens is 253 g/mol. The van der Waals surface area contributed by atoms with Gasteiger partial charge in [0.15, 0.2) is 11.6 Å². The Bertz CT molecular complexity index is 511. The van der Waals surface area contributed by atoms with Crippen LogP contribution >= 0.6 is 0 Å². The molecule has 0 heterocycles. The Kier molecular flexibility index (Phi) is 3.69. The van der Waals surface area contributed by atoms with Gasteiger partial charge in [0.05, 0.1) is 13.0 Å². The lowest BCUT2D eigenvalue weighted by Gasteiger charge is -2.32. The molecule has 2 rings (SSSR count). The van der Waals surface area contributed by atoms with Gasteiger partial charge in [-0.25, -0.2) is 4.39 Å². The number of amides is 1. The normalized spacial score (nSPS) is 21.4. The first-order chi connectivity index (χ1) is 9.01. The Hall–Kier alpha value is -2.11. The van der Waals surface area contributed by atoms with Crippen molar-refractivity contribution in [2.45, 2.75) is 18.9 Å². The third kappa shape index (κ3) is 2.83. The Morgan fingerprint density at radius 1 is 1.42 bits per heavy atom. The minimum atomic E-state index is -0.846. The lowest BCUT2D eigenvalue weighted by atomic mass is 9.80. The van der Waals surface area contributed by atoms with Crippen LogP contribution in [0.4, 0.5) is 4.39 Å². The summed E-state index contributed by atoms with van der Waals surface area (Å²) in [5.41, 5.74) is 0.192. The van der Waals surface area contributed by atoms with Gasteiger partial charge in [-0.3, -0.25) is 9.59 Å². The van der Waals surface area contributed by atoms with E-state index in [0.717, 1.165) is 6.07 Å². The molecule has 19 heavy (non-hydrogen) atoms. The quantitative estimate of drug-likeness (QED) is 0.865. The Labute approximate surface area is 109 Å². The molecule has 0 unspecified atom stereocenters. The van der Waals surface area contributed by atoms with Crippen molar-refractivity contribution in [3.05, 3.63) is 29.6 Å². The monoisotopic (exact) mass is 267 g/mol. The maximum Gasteiger partial charge on any atom is 0.306 e. The number of nitrogens with one attached hydrogen (secondary N) is 1. The summed E-state index contributed by atoms with van der Waals surface area (Å²) < 4.78 is 18.2. The van der Waals surface area contributed by atoms with E-state index in [1.807, 2.05) is 0 Å². The zero-order valence-corrected chi connectivity index (χ0v) is 10.4. The molecule has 0 saturated heterocycles. The molecule has 0 atom stereocenters. The third-order valence-corrected chi connectivity index (χ3v) is 3.24. The molecule has 1 fully saturated rings. The van der Waals surface area contributed by atoms with E-state index in [-0.39, 0.29) is 17.4 Å². The highest BCUT2D eigenvalue weighted by molar-refractivity contribution is 5.94. The van der Waals surface area contributed by atoms with E-state index in [0.29, 0.717) is 12.8 Å². The SMILES string of the molecule is COc1ccc(C(=O)NC2CC(C(=O)O)C2)cc1F. The van der Waals surface area contributed by atoms with Gasteiger partial charge in [-0.05, 0) is 31.0 Å². The second kappa shape index (κ2) is 5.26. The lowest BCUT2D eigenvalue weighted by molar-refractivity contribution is -0.145. The second-order valence-electron chi connectivity index (χ2n) is 4.53. The Morgan fingerprint density at radius 2 is 2.11 bits per heavy atom. The van der Waals surface area contributed by atoms with Gasteiger partial charge in [0, 0.05) is 11.6 Å². The van der Waals surface area contributed by atoms with Gasteiger partial charge in [0.25, 0.3) is 5.91 Å². The van der Waals surface area contributed by atoms with Crippen molar-refractivity contribution >= 4 is 11.9 Å². The van der Waals surface area contributed by atoms with E-state index < -0.39 is 23.6 Å². The number of carbonyl (C=O) groups is 2. The summed E-state index contributed by atoms with van der Waals surface area (Å²) in [5.74, 6) is -2.17. The zero-order valence-electron chi connectivity index (χ0n) is 10.4. The fourth-order valence-electron chi connectivity index (χ4n) is 2.01. The second-order valence-corrected chi connectivity index (χ2v) is 4.53. The molecule has 1 aromatic rings. The fraction of sp³-hybridized carbons (Fsp3) is 0.385. The number of rotatable bonds is 4. The van der Waals surface area contributed by atoms with E-state index >= 15 is 0 Å². The van der Waals surface area contributed by atoms with Gasteiger partial charge in [-0.2, -0.15) is 0 Å². The van der Waals surface area contributed by atoms with Crippen LogP contribution in [0.3, 0.4) is 0 Å². The molecular formula is C13H14FNO4. The molecule has 0 aliphatic heterocycles. The summed E-state index contributed by atoms with van der Waals surface area (Å²) in [6.07, 6.45) is 0.833. The standard InChI is InChI=1S/C13H14FNO4/c1-19-11-3-2-7(6-10(11)14)12(16)15-9-4-8(5-9)13(17)18/h2-3,6,8-9H,4-5H2,1H3,(H,15,16)(H,17,18). The molecule has 0 radical (unpaired) electrons. The number of carbonyl (C=O) groups excluding carboxylic acids is 1. The number of hydrogen-bond acceptors (Lipinski definition) is 3. The van der Waals surface area contributed by atoms with Crippen LogP contribution in [0, 0.1) is 11.7 Å². The molecule has 1 aliphatic carbocycles. The van der Waals surface area contributed by atoms with Crippen molar-refractivity contribution in [2.24, 2.45) is 5.92 Å². The summed E-state index contributed by atoms with van der Waals surface area (Å²) in [5, 5.41) is 11.4. The molecule has 1 saturated carbocycles. The topological polar surface area (TPSA) is 75.6 Å². The number of carboxylic acid groups (broad SMARTS) is 1. The van der Waals surface area contributed by atoms with E-state index in [9.17, 15) is 14.0 Å². The first-order valence-corrected chi connectivity index (χ1v) is 5.88. The van der Waals surface area contributed by atoms with Gasteiger partial charge in [0.1, 0.15) is 0 Å². The minimum Gasteiger partial charge on any atom is -0.494 e. The average Bonchev–Trinajstić information content (AvgIpc) is 2.32. The Morgan fingerprint density at radius 3 is 2.63 bits per heavy atom. The number of methoxy groups -OCH3 is 1. The maximum atomic E-state index is 13.4. The summed E-state index contributed by atoms with van der Waals surface area (Å²) >= 11 is 0. The molecule has 1 aliphatic rings. The molecule has 0 aromatic heterocycles. The highest BCUT2D eigenvalue weighted by Gasteiger charge is 2.35. The van der Waals surface area contributed by atoms with Crippen molar-refractivity contribution < 1.29 is 23.8 Å². The van der Waals surface area contributed by atoms with Crippen molar-refractivity contribution in [1.29, 1.82) is 0 Å². The maximum absolute atomic E-state index is 13.4. The molecule has 1 amide bonds. The largest absolute Gasteiger partial charge is 0.494 e. The lowest BCUT2D eigenvalue weighted by Crippen LogP contribution is -2.46. The summed E-state index contributed by atoms with van der Waals surface area (Å²) in [4.78, 5) is 22.4. The van der Waals surface area contributed by atoms with Crippen molar-refractivity contribution in [3.8, 4) is 5.75 Å². The van der Waals surface area contributed by atoms with E-state index in [2.05, 4.69) is 5.32 Å². The van der Waals surface area contributed by atoms with Crippen LogP contribution < -0.4 is 10.1 Å². The number of carboxylic acids is 1. The predicted molar refractivity (Wildman–Crippen MR) is 64.6 cm³/mol. The van der Waals surface area contributed by atoms with Crippen molar-refractivity contribution in [2.75, 3.05) is 7.11 Å². The number of hydrogen-bond donors (Lipinski definition) is 2. The number of ether oxygens (including phenoxy) is 1. The smallest absolute Gasteiger partial charge is 0.306 e. The fourth-order valence-corrected chi connectivity index (χ4v) is 2.01. The zero-order chi connectivity index (χ0) is 14.0. The van der Waals surface area contributed by atoms with Crippen molar-refractivity contribution in [1.82, 2.24) is 5.32 Å². The van der Waals surface area contributed by atoms with Gasteiger partial charge in [0.2, 0.25) is 0 Å². The molecule has 102 valence electrons.